The Morgan fingerprint density at radius 1 is 1.25 bits per heavy atom. The molecular formula is C8H14O8. The first kappa shape index (κ1) is 14.9. The summed E-state index contributed by atoms with van der Waals surface area (Å²) in [6.45, 7) is -0.383. The van der Waals surface area contributed by atoms with Crippen LogP contribution in [0.1, 0.15) is 6.92 Å². The van der Waals surface area contributed by atoms with Crippen molar-refractivity contribution in [2.45, 2.75) is 30.8 Å². The lowest BCUT2D eigenvalue weighted by Gasteiger charge is -2.32. The SMILES string of the molecule is CC(=O)[C@@](O)(CO)[C@@H](O)[C@H](O)[C@@H](O)C(=O)O. The Bertz CT molecular complexity index is 277. The molecule has 0 fully saturated rings. The van der Waals surface area contributed by atoms with Gasteiger partial charge in [0.1, 0.15) is 12.2 Å². The van der Waals surface area contributed by atoms with E-state index in [4.69, 9.17) is 20.4 Å². The van der Waals surface area contributed by atoms with Crippen LogP contribution >= 0.6 is 0 Å². The molecule has 0 aromatic rings. The van der Waals surface area contributed by atoms with Crippen molar-refractivity contribution in [1.29, 1.82) is 0 Å². The van der Waals surface area contributed by atoms with Crippen LogP contribution in [0.2, 0.25) is 0 Å². The Morgan fingerprint density at radius 3 is 1.94 bits per heavy atom. The van der Waals surface area contributed by atoms with Gasteiger partial charge in [-0.05, 0) is 6.92 Å². The molecule has 0 amide bonds. The normalized spacial score (nSPS) is 20.6. The van der Waals surface area contributed by atoms with Crippen LogP contribution < -0.4 is 0 Å². The highest BCUT2D eigenvalue weighted by molar-refractivity contribution is 5.86. The quantitative estimate of drug-likeness (QED) is 0.278. The Balaban J connectivity index is 4.96. The van der Waals surface area contributed by atoms with E-state index < -0.39 is 42.3 Å². The summed E-state index contributed by atoms with van der Waals surface area (Å²) < 4.78 is 0. The number of rotatable bonds is 6. The maximum atomic E-state index is 10.9. The van der Waals surface area contributed by atoms with Crippen molar-refractivity contribution in [3.05, 3.63) is 0 Å². The van der Waals surface area contributed by atoms with Gasteiger partial charge < -0.3 is 30.6 Å². The van der Waals surface area contributed by atoms with Crippen molar-refractivity contribution in [3.63, 3.8) is 0 Å². The minimum absolute atomic E-state index is 0.833. The average Bonchev–Trinajstić information content (AvgIpc) is 2.24. The monoisotopic (exact) mass is 238 g/mol. The molecule has 0 heterocycles. The maximum Gasteiger partial charge on any atom is 0.335 e. The van der Waals surface area contributed by atoms with Crippen LogP contribution in [-0.4, -0.2) is 72.9 Å². The molecule has 0 radical (unpaired) electrons. The Morgan fingerprint density at radius 2 is 1.69 bits per heavy atom. The minimum atomic E-state index is -2.71. The van der Waals surface area contributed by atoms with Crippen molar-refractivity contribution in [1.82, 2.24) is 0 Å². The molecule has 0 saturated heterocycles. The summed E-state index contributed by atoms with van der Waals surface area (Å²) >= 11 is 0. The zero-order chi connectivity index (χ0) is 13.1. The maximum absolute atomic E-state index is 10.9. The molecule has 16 heavy (non-hydrogen) atoms. The van der Waals surface area contributed by atoms with E-state index in [0.717, 1.165) is 6.92 Å². The lowest BCUT2D eigenvalue weighted by Crippen LogP contribution is -2.60. The first-order valence-electron chi connectivity index (χ1n) is 4.29. The first-order valence-corrected chi connectivity index (χ1v) is 4.29. The largest absolute Gasteiger partial charge is 0.479 e. The number of Topliss-reactive ketones (excluding diaryl/α,β-unsaturated/α-hetero) is 1. The number of hydrogen-bond donors (Lipinski definition) is 6. The van der Waals surface area contributed by atoms with Gasteiger partial charge in [-0.2, -0.15) is 0 Å². The van der Waals surface area contributed by atoms with Crippen molar-refractivity contribution in [3.8, 4) is 0 Å². The number of carbonyl (C=O) groups excluding carboxylic acids is 1. The third-order valence-electron chi connectivity index (χ3n) is 2.24. The summed E-state index contributed by atoms with van der Waals surface area (Å²) in [4.78, 5) is 21.2. The molecule has 0 spiro atoms. The van der Waals surface area contributed by atoms with E-state index in [1.807, 2.05) is 0 Å². The fourth-order valence-electron chi connectivity index (χ4n) is 1.01. The molecule has 0 aromatic heterocycles. The standard InChI is InChI=1S/C8H14O8/c1-3(10)8(16,2-9)6(13)4(11)5(12)7(14)15/h4-6,9,11-13,16H,2H2,1H3,(H,14,15)/t4-,5-,6+,8+/m1/s1. The predicted molar refractivity (Wildman–Crippen MR) is 48.4 cm³/mol. The summed E-state index contributed by atoms with van der Waals surface area (Å²) in [7, 11) is 0. The molecular weight excluding hydrogens is 224 g/mol. The molecule has 8 heteroatoms. The molecule has 0 saturated carbocycles. The van der Waals surface area contributed by atoms with Crippen LogP contribution in [0, 0.1) is 0 Å². The summed E-state index contributed by atoms with van der Waals surface area (Å²) in [5.41, 5.74) is -2.71. The second kappa shape index (κ2) is 5.32. The fourth-order valence-corrected chi connectivity index (χ4v) is 1.01. The van der Waals surface area contributed by atoms with Gasteiger partial charge in [0.05, 0.1) is 6.61 Å². The zero-order valence-corrected chi connectivity index (χ0v) is 8.44. The van der Waals surface area contributed by atoms with Crippen LogP contribution in [-0.2, 0) is 9.59 Å². The Hall–Kier alpha value is -1.06. The predicted octanol–water partition coefficient (Wildman–Crippen LogP) is -3.53. The van der Waals surface area contributed by atoms with Gasteiger partial charge in [-0.15, -0.1) is 0 Å². The van der Waals surface area contributed by atoms with Crippen molar-refractivity contribution >= 4 is 11.8 Å². The molecule has 8 nitrogen and oxygen atoms in total. The van der Waals surface area contributed by atoms with Crippen LogP contribution in [0.5, 0.6) is 0 Å². The van der Waals surface area contributed by atoms with Crippen molar-refractivity contribution in [2.24, 2.45) is 0 Å². The average molecular weight is 238 g/mol. The van der Waals surface area contributed by atoms with E-state index in [2.05, 4.69) is 0 Å². The van der Waals surface area contributed by atoms with Crippen LogP contribution in [0.15, 0.2) is 0 Å². The molecule has 0 aliphatic rings. The number of carboxylic acids is 1. The second-order valence-corrected chi connectivity index (χ2v) is 3.36. The first-order chi connectivity index (χ1) is 7.18. The van der Waals surface area contributed by atoms with Gasteiger partial charge in [0.2, 0.25) is 0 Å². The molecule has 0 aliphatic heterocycles. The number of aliphatic carboxylic acids is 1. The number of aliphatic hydroxyl groups is 5. The molecule has 0 bridgehead atoms. The van der Waals surface area contributed by atoms with Crippen molar-refractivity contribution < 1.29 is 40.2 Å². The van der Waals surface area contributed by atoms with E-state index in [9.17, 15) is 19.8 Å². The fraction of sp³-hybridized carbons (Fsp3) is 0.750. The number of carboxylic acid groups (broad SMARTS) is 1. The molecule has 4 atom stereocenters. The third-order valence-corrected chi connectivity index (χ3v) is 2.24. The highest BCUT2D eigenvalue weighted by Crippen LogP contribution is 2.17. The Labute approximate surface area is 90.4 Å². The van der Waals surface area contributed by atoms with E-state index in [1.165, 1.54) is 0 Å². The van der Waals surface area contributed by atoms with Crippen LogP contribution in [0.4, 0.5) is 0 Å². The second-order valence-electron chi connectivity index (χ2n) is 3.36. The van der Waals surface area contributed by atoms with Crippen molar-refractivity contribution in [2.75, 3.05) is 6.61 Å². The molecule has 0 aromatic carbocycles. The van der Waals surface area contributed by atoms with Gasteiger partial charge in [-0.1, -0.05) is 0 Å². The smallest absolute Gasteiger partial charge is 0.335 e. The lowest BCUT2D eigenvalue weighted by atomic mass is 9.88. The molecule has 0 unspecified atom stereocenters. The summed E-state index contributed by atoms with van der Waals surface area (Å²) in [6, 6.07) is 0. The van der Waals surface area contributed by atoms with Gasteiger partial charge in [0, 0.05) is 0 Å². The van der Waals surface area contributed by atoms with Gasteiger partial charge in [-0.25, -0.2) is 4.79 Å². The Kier molecular flexibility index (Phi) is 4.97. The van der Waals surface area contributed by atoms with E-state index in [0.29, 0.717) is 0 Å². The molecule has 0 rings (SSSR count). The molecule has 6 N–H and O–H groups in total. The minimum Gasteiger partial charge on any atom is -0.479 e. The van der Waals surface area contributed by atoms with Crippen LogP contribution in [0.3, 0.4) is 0 Å². The van der Waals surface area contributed by atoms with Gasteiger partial charge in [0.25, 0.3) is 0 Å². The summed E-state index contributed by atoms with van der Waals surface area (Å²) in [5, 5.41) is 53.9. The zero-order valence-electron chi connectivity index (χ0n) is 8.44. The molecule has 0 aliphatic carbocycles. The van der Waals surface area contributed by atoms with E-state index in [1.54, 1.807) is 0 Å². The summed E-state index contributed by atoms with van der Waals surface area (Å²) in [6.07, 6.45) is -7.01. The van der Waals surface area contributed by atoms with Crippen LogP contribution in [0.25, 0.3) is 0 Å². The topological polar surface area (TPSA) is 156 Å². The van der Waals surface area contributed by atoms with E-state index in [-0.39, 0.29) is 0 Å². The number of hydrogen-bond acceptors (Lipinski definition) is 7. The summed E-state index contributed by atoms with van der Waals surface area (Å²) in [5.74, 6) is -2.91. The highest BCUT2D eigenvalue weighted by atomic mass is 16.4. The highest BCUT2D eigenvalue weighted by Gasteiger charge is 2.47. The van der Waals surface area contributed by atoms with Gasteiger partial charge in [-0.3, -0.25) is 4.79 Å². The van der Waals surface area contributed by atoms with Gasteiger partial charge in [0.15, 0.2) is 17.5 Å². The van der Waals surface area contributed by atoms with E-state index >= 15 is 0 Å². The van der Waals surface area contributed by atoms with Gasteiger partial charge >= 0.3 is 5.97 Å². The number of aliphatic hydroxyl groups excluding tert-OH is 4. The number of ketones is 1. The molecule has 94 valence electrons. The lowest BCUT2D eigenvalue weighted by molar-refractivity contribution is -0.186. The number of carbonyl (C=O) groups is 2. The third kappa shape index (κ3) is 2.74.